The number of hydrogen-bond acceptors (Lipinski definition) is 3. The molecular weight excluding hydrogens is 168 g/mol. The average molecular weight is 190 g/mol. The molecule has 0 rings (SSSR count). The Morgan fingerprint density at radius 3 is 1.85 bits per heavy atom. The second kappa shape index (κ2) is 9.96. The highest BCUT2D eigenvalue weighted by Gasteiger charge is 2.00. The Morgan fingerprint density at radius 2 is 1.31 bits per heavy atom. The van der Waals surface area contributed by atoms with Crippen LogP contribution in [0.5, 0.6) is 0 Å². The number of hydrogen-bond donors (Lipinski definition) is 3. The third kappa shape index (κ3) is 9.80. The lowest BCUT2D eigenvalue weighted by atomic mass is 10.1. The molecule has 0 fully saturated rings. The van der Waals surface area contributed by atoms with Crippen molar-refractivity contribution in [2.75, 3.05) is 13.2 Å². The molecule has 0 aromatic rings. The van der Waals surface area contributed by atoms with Crippen LogP contribution in [-0.4, -0.2) is 34.6 Å². The molecule has 3 heteroatoms. The van der Waals surface area contributed by atoms with E-state index in [2.05, 4.69) is 0 Å². The zero-order chi connectivity index (χ0) is 9.94. The summed E-state index contributed by atoms with van der Waals surface area (Å²) < 4.78 is 0. The summed E-state index contributed by atoms with van der Waals surface area (Å²) in [6, 6.07) is 0. The molecule has 0 bridgehead atoms. The molecule has 0 saturated carbocycles. The van der Waals surface area contributed by atoms with Crippen LogP contribution in [0.1, 0.15) is 44.9 Å². The van der Waals surface area contributed by atoms with E-state index in [0.29, 0.717) is 13.0 Å². The first-order valence-corrected chi connectivity index (χ1v) is 5.21. The van der Waals surface area contributed by atoms with Crippen LogP contribution < -0.4 is 0 Å². The summed E-state index contributed by atoms with van der Waals surface area (Å²) in [6.45, 7) is 0.174. The van der Waals surface area contributed by atoms with Crippen LogP contribution in [0.25, 0.3) is 0 Å². The fourth-order valence-electron chi connectivity index (χ4n) is 1.29. The highest BCUT2D eigenvalue weighted by atomic mass is 16.3. The molecule has 0 saturated heterocycles. The average Bonchev–Trinajstić information content (AvgIpc) is 2.16. The molecule has 0 aromatic heterocycles. The summed E-state index contributed by atoms with van der Waals surface area (Å²) >= 11 is 0. The summed E-state index contributed by atoms with van der Waals surface area (Å²) in [5, 5.41) is 26.1. The van der Waals surface area contributed by atoms with Crippen LogP contribution in [0, 0.1) is 0 Å². The monoisotopic (exact) mass is 190 g/mol. The lowest BCUT2D eigenvalue weighted by Crippen LogP contribution is -2.10. The smallest absolute Gasteiger partial charge is 0.0770 e. The van der Waals surface area contributed by atoms with Gasteiger partial charge in [0.1, 0.15) is 0 Å². The third-order valence-electron chi connectivity index (χ3n) is 2.16. The van der Waals surface area contributed by atoms with Gasteiger partial charge in [-0.3, -0.25) is 0 Å². The van der Waals surface area contributed by atoms with Crippen LogP contribution >= 0.6 is 0 Å². The van der Waals surface area contributed by atoms with Gasteiger partial charge in [0, 0.05) is 6.61 Å². The van der Waals surface area contributed by atoms with E-state index in [4.69, 9.17) is 15.3 Å². The minimum atomic E-state index is -0.530. The van der Waals surface area contributed by atoms with Gasteiger partial charge in [0.25, 0.3) is 0 Å². The zero-order valence-corrected chi connectivity index (χ0v) is 8.28. The quantitative estimate of drug-likeness (QED) is 0.476. The van der Waals surface area contributed by atoms with Crippen molar-refractivity contribution in [3.8, 4) is 0 Å². The predicted octanol–water partition coefficient (Wildman–Crippen LogP) is 1.06. The van der Waals surface area contributed by atoms with Gasteiger partial charge in [0.05, 0.1) is 12.7 Å². The van der Waals surface area contributed by atoms with Crippen molar-refractivity contribution in [3.05, 3.63) is 0 Å². The maximum Gasteiger partial charge on any atom is 0.0770 e. The Balaban J connectivity index is 2.91. The van der Waals surface area contributed by atoms with E-state index in [1.807, 2.05) is 0 Å². The molecular formula is C10H22O3. The van der Waals surface area contributed by atoms with E-state index < -0.39 is 6.10 Å². The van der Waals surface area contributed by atoms with Crippen molar-refractivity contribution in [2.45, 2.75) is 51.0 Å². The number of rotatable bonds is 9. The predicted molar refractivity (Wildman–Crippen MR) is 52.5 cm³/mol. The van der Waals surface area contributed by atoms with E-state index in [1.54, 1.807) is 0 Å². The highest BCUT2D eigenvalue weighted by Crippen LogP contribution is 2.08. The van der Waals surface area contributed by atoms with Crippen LogP contribution in [-0.2, 0) is 0 Å². The fourth-order valence-corrected chi connectivity index (χ4v) is 1.29. The molecule has 1 unspecified atom stereocenters. The van der Waals surface area contributed by atoms with E-state index >= 15 is 0 Å². The number of aliphatic hydroxyl groups excluding tert-OH is 3. The van der Waals surface area contributed by atoms with Gasteiger partial charge in [-0.2, -0.15) is 0 Å². The minimum Gasteiger partial charge on any atom is -0.396 e. The Hall–Kier alpha value is -0.120. The van der Waals surface area contributed by atoms with Gasteiger partial charge in [-0.15, -0.1) is 0 Å². The fraction of sp³-hybridized carbons (Fsp3) is 1.00. The van der Waals surface area contributed by atoms with E-state index in [9.17, 15) is 0 Å². The van der Waals surface area contributed by atoms with Crippen LogP contribution in [0.15, 0.2) is 0 Å². The maximum atomic E-state index is 9.02. The molecule has 0 aromatic carbocycles. The van der Waals surface area contributed by atoms with Crippen molar-refractivity contribution in [1.29, 1.82) is 0 Å². The number of aliphatic hydroxyl groups is 3. The van der Waals surface area contributed by atoms with E-state index in [-0.39, 0.29) is 6.61 Å². The van der Waals surface area contributed by atoms with Crippen molar-refractivity contribution < 1.29 is 15.3 Å². The Kier molecular flexibility index (Phi) is 9.87. The SMILES string of the molecule is OCCCCCCCCC(O)CO. The number of unbranched alkanes of at least 4 members (excludes halogenated alkanes) is 5. The van der Waals surface area contributed by atoms with Gasteiger partial charge in [0.15, 0.2) is 0 Å². The third-order valence-corrected chi connectivity index (χ3v) is 2.16. The van der Waals surface area contributed by atoms with Crippen molar-refractivity contribution in [3.63, 3.8) is 0 Å². The molecule has 0 heterocycles. The minimum absolute atomic E-state index is 0.121. The second-order valence-corrected chi connectivity index (χ2v) is 3.47. The maximum absolute atomic E-state index is 9.02. The zero-order valence-electron chi connectivity index (χ0n) is 8.28. The van der Waals surface area contributed by atoms with Crippen LogP contribution in [0.3, 0.4) is 0 Å². The largest absolute Gasteiger partial charge is 0.396 e. The molecule has 0 aliphatic carbocycles. The molecule has 1 atom stereocenters. The Labute approximate surface area is 80.4 Å². The van der Waals surface area contributed by atoms with Crippen LogP contribution in [0.2, 0.25) is 0 Å². The second-order valence-electron chi connectivity index (χ2n) is 3.47. The summed E-state index contributed by atoms with van der Waals surface area (Å²) in [6.07, 6.45) is 6.60. The molecule has 0 radical (unpaired) electrons. The summed E-state index contributed by atoms with van der Waals surface area (Å²) in [5.74, 6) is 0. The topological polar surface area (TPSA) is 60.7 Å². The van der Waals surface area contributed by atoms with Gasteiger partial charge in [0.2, 0.25) is 0 Å². The summed E-state index contributed by atoms with van der Waals surface area (Å²) in [5.41, 5.74) is 0. The summed E-state index contributed by atoms with van der Waals surface area (Å²) in [7, 11) is 0. The Morgan fingerprint density at radius 1 is 0.769 bits per heavy atom. The molecule has 0 spiro atoms. The van der Waals surface area contributed by atoms with Crippen LogP contribution in [0.4, 0.5) is 0 Å². The summed E-state index contributed by atoms with van der Waals surface area (Å²) in [4.78, 5) is 0. The van der Waals surface area contributed by atoms with Crippen molar-refractivity contribution >= 4 is 0 Å². The molecule has 13 heavy (non-hydrogen) atoms. The van der Waals surface area contributed by atoms with E-state index in [0.717, 1.165) is 38.5 Å². The standard InChI is InChI=1S/C10H22O3/c11-8-6-4-2-1-3-5-7-10(13)9-12/h10-13H,1-9H2. The molecule has 0 aliphatic heterocycles. The van der Waals surface area contributed by atoms with Gasteiger partial charge in [-0.05, 0) is 12.8 Å². The lowest BCUT2D eigenvalue weighted by molar-refractivity contribution is 0.0860. The molecule has 3 nitrogen and oxygen atoms in total. The van der Waals surface area contributed by atoms with Crippen molar-refractivity contribution in [1.82, 2.24) is 0 Å². The first-order chi connectivity index (χ1) is 6.31. The lowest BCUT2D eigenvalue weighted by Gasteiger charge is -2.05. The first-order valence-electron chi connectivity index (χ1n) is 5.21. The van der Waals surface area contributed by atoms with Gasteiger partial charge in [-0.25, -0.2) is 0 Å². The van der Waals surface area contributed by atoms with Crippen molar-refractivity contribution in [2.24, 2.45) is 0 Å². The van der Waals surface area contributed by atoms with E-state index in [1.165, 1.54) is 0 Å². The molecule has 3 N–H and O–H groups in total. The Bertz CT molecular complexity index is 96.2. The van der Waals surface area contributed by atoms with Gasteiger partial charge in [-0.1, -0.05) is 32.1 Å². The normalized spacial score (nSPS) is 13.2. The molecule has 0 aliphatic rings. The molecule has 0 amide bonds. The van der Waals surface area contributed by atoms with Gasteiger partial charge >= 0.3 is 0 Å². The first kappa shape index (κ1) is 12.9. The highest BCUT2D eigenvalue weighted by molar-refractivity contribution is 4.53. The van der Waals surface area contributed by atoms with Gasteiger partial charge < -0.3 is 15.3 Å². The molecule has 80 valence electrons.